The zero-order chi connectivity index (χ0) is 19.6. The monoisotopic (exact) mass is 391 g/mol. The van der Waals surface area contributed by atoms with Gasteiger partial charge >= 0.3 is 5.97 Å². The Morgan fingerprint density at radius 3 is 2.85 bits per heavy atom. The third-order valence-corrected chi connectivity index (χ3v) is 5.62. The third kappa shape index (κ3) is 4.74. The normalized spacial score (nSPS) is 16.3. The van der Waals surface area contributed by atoms with Gasteiger partial charge in [0.15, 0.2) is 5.82 Å². The van der Waals surface area contributed by atoms with Gasteiger partial charge in [-0.3, -0.25) is 4.79 Å². The van der Waals surface area contributed by atoms with Crippen LogP contribution in [-0.2, 0) is 28.8 Å². The number of nitrogens with zero attached hydrogens (tertiary/aromatic N) is 2. The number of hydrogen-bond donors (Lipinski definition) is 1. The highest BCUT2D eigenvalue weighted by atomic mass is 32.1. The van der Waals surface area contributed by atoms with Crippen molar-refractivity contribution in [2.24, 2.45) is 5.92 Å². The van der Waals surface area contributed by atoms with Gasteiger partial charge < -0.3 is 14.6 Å². The second-order valence-electron chi connectivity index (χ2n) is 7.29. The fourth-order valence-electron chi connectivity index (χ4n) is 3.18. The highest BCUT2D eigenvalue weighted by molar-refractivity contribution is 7.17. The van der Waals surface area contributed by atoms with E-state index in [2.05, 4.69) is 22.4 Å². The van der Waals surface area contributed by atoms with Crippen molar-refractivity contribution in [2.45, 2.75) is 65.9 Å². The zero-order valence-electron chi connectivity index (χ0n) is 16.1. The molecule has 0 aliphatic heterocycles. The molecule has 1 aliphatic carbocycles. The van der Waals surface area contributed by atoms with E-state index in [0.29, 0.717) is 34.6 Å². The Balaban J connectivity index is 1.76. The summed E-state index contributed by atoms with van der Waals surface area (Å²) in [4.78, 5) is 30.3. The summed E-state index contributed by atoms with van der Waals surface area (Å²) in [6, 6.07) is 0. The molecule has 1 atom stereocenters. The van der Waals surface area contributed by atoms with E-state index in [9.17, 15) is 9.59 Å². The van der Waals surface area contributed by atoms with Crippen LogP contribution < -0.4 is 5.32 Å². The molecule has 3 rings (SSSR count). The number of nitrogens with one attached hydrogen (secondary N) is 1. The number of ether oxygens (including phenoxy) is 1. The fraction of sp³-hybridized carbons (Fsp3) is 0.579. The van der Waals surface area contributed by atoms with Gasteiger partial charge in [-0.15, -0.1) is 11.3 Å². The lowest BCUT2D eigenvalue weighted by Gasteiger charge is -2.18. The minimum atomic E-state index is -0.361. The van der Waals surface area contributed by atoms with Crippen LogP contribution in [0.2, 0.25) is 0 Å². The lowest BCUT2D eigenvalue weighted by Crippen LogP contribution is -2.18. The Labute approximate surface area is 162 Å². The number of hydrogen-bond acceptors (Lipinski definition) is 7. The van der Waals surface area contributed by atoms with Gasteiger partial charge in [0.25, 0.3) is 0 Å². The topological polar surface area (TPSA) is 94.3 Å². The second-order valence-corrected chi connectivity index (χ2v) is 8.40. The number of fused-ring (bicyclic) bond motifs is 1. The first-order valence-corrected chi connectivity index (χ1v) is 10.1. The number of anilines is 1. The van der Waals surface area contributed by atoms with Crippen molar-refractivity contribution < 1.29 is 18.8 Å². The molecule has 2 heterocycles. The molecule has 7 nitrogen and oxygen atoms in total. The average molecular weight is 391 g/mol. The number of carbonyl (C=O) groups is 2. The maximum absolute atomic E-state index is 12.7. The number of aromatic nitrogens is 2. The Bertz CT molecular complexity index is 840. The summed E-state index contributed by atoms with van der Waals surface area (Å²) < 4.78 is 10.5. The highest BCUT2D eigenvalue weighted by Gasteiger charge is 2.29. The maximum atomic E-state index is 12.7. The summed E-state index contributed by atoms with van der Waals surface area (Å²) in [7, 11) is 0. The lowest BCUT2D eigenvalue weighted by molar-refractivity contribution is -0.116. The maximum Gasteiger partial charge on any atom is 0.341 e. The first-order chi connectivity index (χ1) is 12.8. The summed E-state index contributed by atoms with van der Waals surface area (Å²) in [5.74, 6) is 1.01. The van der Waals surface area contributed by atoms with E-state index in [-0.39, 0.29) is 24.4 Å². The zero-order valence-corrected chi connectivity index (χ0v) is 16.9. The minimum Gasteiger partial charge on any atom is -0.459 e. The molecule has 146 valence electrons. The Morgan fingerprint density at radius 1 is 1.41 bits per heavy atom. The van der Waals surface area contributed by atoms with Crippen molar-refractivity contribution in [3.05, 3.63) is 27.7 Å². The molecule has 0 fully saturated rings. The van der Waals surface area contributed by atoms with Crippen LogP contribution in [0.15, 0.2) is 4.52 Å². The number of rotatable bonds is 6. The predicted molar refractivity (Wildman–Crippen MR) is 102 cm³/mol. The van der Waals surface area contributed by atoms with Gasteiger partial charge in [-0.2, -0.15) is 4.98 Å². The first-order valence-electron chi connectivity index (χ1n) is 9.28. The van der Waals surface area contributed by atoms with Gasteiger partial charge in [-0.1, -0.05) is 12.1 Å². The van der Waals surface area contributed by atoms with Crippen molar-refractivity contribution in [1.29, 1.82) is 0 Å². The second kappa shape index (κ2) is 8.21. The molecule has 1 unspecified atom stereocenters. The smallest absolute Gasteiger partial charge is 0.341 e. The van der Waals surface area contributed by atoms with E-state index in [1.54, 1.807) is 6.92 Å². The molecule has 8 heteroatoms. The third-order valence-electron chi connectivity index (χ3n) is 4.45. The van der Waals surface area contributed by atoms with Crippen LogP contribution in [0.5, 0.6) is 0 Å². The Kier molecular flexibility index (Phi) is 5.94. The van der Waals surface area contributed by atoms with Crippen molar-refractivity contribution in [2.75, 3.05) is 5.32 Å². The molecular formula is C19H25N3O4S. The highest BCUT2D eigenvalue weighted by Crippen LogP contribution is 2.40. The Hall–Kier alpha value is -2.22. The van der Waals surface area contributed by atoms with Crippen LogP contribution in [0.25, 0.3) is 0 Å². The van der Waals surface area contributed by atoms with Crippen LogP contribution in [0.1, 0.15) is 66.1 Å². The summed E-state index contributed by atoms with van der Waals surface area (Å²) in [5, 5.41) is 7.21. The predicted octanol–water partition coefficient (Wildman–Crippen LogP) is 3.70. The molecule has 2 aromatic heterocycles. The van der Waals surface area contributed by atoms with Crippen LogP contribution in [0.3, 0.4) is 0 Å². The van der Waals surface area contributed by atoms with Crippen molar-refractivity contribution in [1.82, 2.24) is 10.1 Å². The number of thiophene rings is 1. The van der Waals surface area contributed by atoms with E-state index >= 15 is 0 Å². The summed E-state index contributed by atoms with van der Waals surface area (Å²) >= 11 is 1.49. The fourth-order valence-corrected chi connectivity index (χ4v) is 4.59. The molecule has 0 spiro atoms. The number of esters is 1. The number of aryl methyl sites for hydroxylation is 2. The molecule has 0 radical (unpaired) electrons. The molecule has 1 N–H and O–H groups in total. The van der Waals surface area contributed by atoms with Crippen molar-refractivity contribution >= 4 is 28.2 Å². The summed E-state index contributed by atoms with van der Waals surface area (Å²) in [5.41, 5.74) is 1.56. The molecule has 1 amide bonds. The number of carbonyl (C=O) groups excluding carboxylic acids is 2. The molecule has 0 aromatic carbocycles. The first kappa shape index (κ1) is 19.5. The average Bonchev–Trinajstić information content (AvgIpc) is 3.14. The van der Waals surface area contributed by atoms with E-state index in [0.717, 1.165) is 24.8 Å². The van der Waals surface area contributed by atoms with Crippen LogP contribution in [0, 0.1) is 12.8 Å². The Morgan fingerprint density at radius 2 is 2.19 bits per heavy atom. The van der Waals surface area contributed by atoms with Crippen molar-refractivity contribution in [3.63, 3.8) is 0 Å². The van der Waals surface area contributed by atoms with Gasteiger partial charge in [0, 0.05) is 17.7 Å². The van der Waals surface area contributed by atoms with E-state index < -0.39 is 0 Å². The van der Waals surface area contributed by atoms with Gasteiger partial charge in [0.05, 0.1) is 11.7 Å². The summed E-state index contributed by atoms with van der Waals surface area (Å²) in [6.07, 6.45) is 3.17. The van der Waals surface area contributed by atoms with Crippen LogP contribution in [-0.4, -0.2) is 28.1 Å². The molecule has 0 saturated heterocycles. The van der Waals surface area contributed by atoms with Gasteiger partial charge in [0.2, 0.25) is 11.8 Å². The van der Waals surface area contributed by atoms with Gasteiger partial charge in [0.1, 0.15) is 5.00 Å². The molecule has 0 bridgehead atoms. The van der Waals surface area contributed by atoms with Gasteiger partial charge in [-0.25, -0.2) is 4.79 Å². The molecular weight excluding hydrogens is 366 g/mol. The van der Waals surface area contributed by atoms with E-state index in [1.807, 2.05) is 13.8 Å². The van der Waals surface area contributed by atoms with Crippen molar-refractivity contribution in [3.8, 4) is 0 Å². The minimum absolute atomic E-state index is 0.184. The number of amides is 1. The summed E-state index contributed by atoms with van der Waals surface area (Å²) in [6.45, 7) is 7.59. The molecule has 2 aromatic rings. The lowest BCUT2D eigenvalue weighted by atomic mass is 9.88. The van der Waals surface area contributed by atoms with Gasteiger partial charge in [-0.05, 0) is 51.5 Å². The molecule has 0 saturated carbocycles. The largest absolute Gasteiger partial charge is 0.459 e. The van der Waals surface area contributed by atoms with E-state index in [4.69, 9.17) is 9.26 Å². The quantitative estimate of drug-likeness (QED) is 0.755. The molecule has 27 heavy (non-hydrogen) atoms. The SMILES string of the molecule is Cc1noc(CCC(=O)Nc2sc3c(c2C(=O)OC(C)C)CCC(C)C3)n1. The van der Waals surface area contributed by atoms with Crippen LogP contribution >= 0.6 is 11.3 Å². The van der Waals surface area contributed by atoms with E-state index in [1.165, 1.54) is 16.2 Å². The standard InChI is InChI=1S/C19H25N3O4S/c1-10(2)25-19(24)17-13-6-5-11(3)9-14(13)27-18(17)21-15(23)7-8-16-20-12(4)22-26-16/h10-11H,5-9H2,1-4H3,(H,21,23). The van der Waals surface area contributed by atoms with Crippen LogP contribution in [0.4, 0.5) is 5.00 Å². The molecule has 1 aliphatic rings.